The molecule has 0 spiro atoms. The Hall–Kier alpha value is -1.56. The van der Waals surface area contributed by atoms with Gasteiger partial charge in [-0.05, 0) is 41.4 Å². The van der Waals surface area contributed by atoms with Crippen molar-refractivity contribution in [1.29, 1.82) is 0 Å². The monoisotopic (exact) mass is 313 g/mol. The van der Waals surface area contributed by atoms with Gasteiger partial charge in [0.25, 0.3) is 5.91 Å². The third-order valence-corrected chi connectivity index (χ3v) is 3.08. The molecule has 0 bridgehead atoms. The van der Waals surface area contributed by atoms with Crippen LogP contribution in [0.1, 0.15) is 28.8 Å². The zero-order chi connectivity index (χ0) is 13.5. The molecule has 0 aliphatic rings. The maximum atomic E-state index is 11.9. The molecule has 1 aromatic carbocycles. The van der Waals surface area contributed by atoms with Crippen LogP contribution in [-0.4, -0.2) is 23.5 Å². The minimum atomic E-state index is -0.134. The summed E-state index contributed by atoms with van der Waals surface area (Å²) in [4.78, 5) is 11.9. The number of oxime groups is 1. The number of nitrogens with two attached hydrogens (primary N) is 1. The molecule has 0 fully saturated rings. The zero-order valence-corrected chi connectivity index (χ0v) is 11.7. The Morgan fingerprint density at radius 1 is 1.56 bits per heavy atom. The maximum Gasteiger partial charge on any atom is 0.252 e. The molecular weight excluding hydrogens is 298 g/mol. The van der Waals surface area contributed by atoms with E-state index in [1.54, 1.807) is 0 Å². The quantitative estimate of drug-likeness (QED) is 0.255. The van der Waals surface area contributed by atoms with Gasteiger partial charge in [0.15, 0.2) is 0 Å². The Balaban J connectivity index is 2.48. The van der Waals surface area contributed by atoms with E-state index in [0.717, 1.165) is 10.0 Å². The molecule has 0 saturated heterocycles. The molecule has 0 aromatic heterocycles. The molecule has 1 rings (SSSR count). The zero-order valence-electron chi connectivity index (χ0n) is 10.1. The Morgan fingerprint density at radius 2 is 2.28 bits per heavy atom. The first kappa shape index (κ1) is 14.5. The topological polar surface area (TPSA) is 87.7 Å². The number of aryl methyl sites for hydroxylation is 1. The Morgan fingerprint density at radius 3 is 2.94 bits per heavy atom. The summed E-state index contributed by atoms with van der Waals surface area (Å²) in [6.45, 7) is 2.41. The summed E-state index contributed by atoms with van der Waals surface area (Å²) in [6, 6.07) is 5.60. The number of amides is 1. The molecule has 0 atom stereocenters. The molecule has 0 radical (unpaired) electrons. The molecule has 0 aliphatic carbocycles. The summed E-state index contributed by atoms with van der Waals surface area (Å²) in [6.07, 6.45) is 1.08. The van der Waals surface area contributed by atoms with Crippen molar-refractivity contribution in [3.8, 4) is 0 Å². The maximum absolute atomic E-state index is 11.9. The van der Waals surface area contributed by atoms with E-state index in [9.17, 15) is 4.79 Å². The van der Waals surface area contributed by atoms with E-state index in [4.69, 9.17) is 10.9 Å². The Bertz CT molecular complexity index is 461. The van der Waals surface area contributed by atoms with Crippen molar-refractivity contribution in [2.24, 2.45) is 10.9 Å². The second-order valence-electron chi connectivity index (χ2n) is 3.93. The van der Waals surface area contributed by atoms with E-state index in [1.165, 1.54) is 0 Å². The minimum absolute atomic E-state index is 0.134. The van der Waals surface area contributed by atoms with Gasteiger partial charge in [0.05, 0.1) is 5.56 Å². The lowest BCUT2D eigenvalue weighted by Gasteiger charge is -2.07. The van der Waals surface area contributed by atoms with E-state index in [0.29, 0.717) is 24.9 Å². The second kappa shape index (κ2) is 7.00. The lowest BCUT2D eigenvalue weighted by Crippen LogP contribution is -2.26. The summed E-state index contributed by atoms with van der Waals surface area (Å²) in [5.74, 6) is 0.0334. The first-order valence-corrected chi connectivity index (χ1v) is 6.34. The molecular formula is C12H16BrN3O2. The highest BCUT2D eigenvalue weighted by Gasteiger charge is 2.09. The number of benzene rings is 1. The summed E-state index contributed by atoms with van der Waals surface area (Å²) >= 11 is 3.34. The lowest BCUT2D eigenvalue weighted by atomic mass is 10.1. The number of hydrogen-bond donors (Lipinski definition) is 3. The first-order chi connectivity index (χ1) is 8.54. The van der Waals surface area contributed by atoms with Crippen molar-refractivity contribution in [2.75, 3.05) is 6.54 Å². The van der Waals surface area contributed by atoms with Gasteiger partial charge in [0.2, 0.25) is 0 Å². The molecule has 0 unspecified atom stereocenters. The minimum Gasteiger partial charge on any atom is -0.409 e. The van der Waals surface area contributed by atoms with Crippen molar-refractivity contribution < 1.29 is 10.0 Å². The third kappa shape index (κ3) is 4.37. The third-order valence-electron chi connectivity index (χ3n) is 2.39. The van der Waals surface area contributed by atoms with E-state index >= 15 is 0 Å². The number of amidine groups is 1. The average molecular weight is 314 g/mol. The van der Waals surface area contributed by atoms with Crippen LogP contribution in [0.2, 0.25) is 0 Å². The van der Waals surface area contributed by atoms with Crippen LogP contribution in [-0.2, 0) is 0 Å². The Kier molecular flexibility index (Phi) is 5.64. The number of nitrogens with zero attached hydrogens (tertiary/aromatic N) is 1. The fraction of sp³-hybridized carbons (Fsp3) is 0.333. The van der Waals surface area contributed by atoms with Crippen LogP contribution in [0.5, 0.6) is 0 Å². The van der Waals surface area contributed by atoms with E-state index in [1.807, 2.05) is 25.1 Å². The number of rotatable bonds is 5. The van der Waals surface area contributed by atoms with Gasteiger partial charge in [-0.3, -0.25) is 4.79 Å². The lowest BCUT2D eigenvalue weighted by molar-refractivity contribution is 0.0952. The first-order valence-electron chi connectivity index (χ1n) is 5.55. The predicted octanol–water partition coefficient (Wildman–Crippen LogP) is 2.01. The summed E-state index contributed by atoms with van der Waals surface area (Å²) in [5.41, 5.74) is 6.96. The van der Waals surface area contributed by atoms with Crippen molar-refractivity contribution in [1.82, 2.24) is 5.32 Å². The summed E-state index contributed by atoms with van der Waals surface area (Å²) in [7, 11) is 0. The molecule has 98 valence electrons. The van der Waals surface area contributed by atoms with Gasteiger partial charge in [-0.15, -0.1) is 0 Å². The highest BCUT2D eigenvalue weighted by atomic mass is 79.9. The van der Waals surface area contributed by atoms with Gasteiger partial charge in [-0.2, -0.15) is 0 Å². The van der Waals surface area contributed by atoms with Crippen molar-refractivity contribution in [2.45, 2.75) is 19.8 Å². The van der Waals surface area contributed by atoms with Gasteiger partial charge in [-0.1, -0.05) is 16.8 Å². The van der Waals surface area contributed by atoms with Crippen LogP contribution >= 0.6 is 15.9 Å². The Labute approximate surface area is 114 Å². The van der Waals surface area contributed by atoms with E-state index in [-0.39, 0.29) is 11.7 Å². The highest BCUT2D eigenvalue weighted by molar-refractivity contribution is 9.10. The number of carbonyl (C=O) groups excluding carboxylic acids is 1. The van der Waals surface area contributed by atoms with E-state index in [2.05, 4.69) is 26.4 Å². The van der Waals surface area contributed by atoms with Crippen LogP contribution in [0.25, 0.3) is 0 Å². The van der Waals surface area contributed by atoms with Gasteiger partial charge in [0, 0.05) is 17.4 Å². The number of hydrogen-bond acceptors (Lipinski definition) is 3. The van der Waals surface area contributed by atoms with Crippen molar-refractivity contribution in [3.63, 3.8) is 0 Å². The van der Waals surface area contributed by atoms with Gasteiger partial charge in [-0.25, -0.2) is 0 Å². The molecule has 0 aliphatic heterocycles. The fourth-order valence-corrected chi connectivity index (χ4v) is 1.86. The summed E-state index contributed by atoms with van der Waals surface area (Å²) in [5, 5.41) is 14.0. The average Bonchev–Trinajstić information content (AvgIpc) is 2.36. The molecule has 0 saturated carbocycles. The van der Waals surface area contributed by atoms with Crippen molar-refractivity contribution in [3.05, 3.63) is 33.8 Å². The predicted molar refractivity (Wildman–Crippen MR) is 73.9 cm³/mol. The molecule has 1 aromatic rings. The van der Waals surface area contributed by atoms with Gasteiger partial charge < -0.3 is 16.3 Å². The number of nitrogens with one attached hydrogen (secondary N) is 1. The van der Waals surface area contributed by atoms with Crippen molar-refractivity contribution >= 4 is 27.7 Å². The molecule has 6 heteroatoms. The van der Waals surface area contributed by atoms with Crippen LogP contribution in [0.3, 0.4) is 0 Å². The molecule has 4 N–H and O–H groups in total. The normalized spacial score (nSPS) is 11.3. The molecule has 5 nitrogen and oxygen atoms in total. The SMILES string of the molecule is Cc1ccc(Br)c(C(=O)NCCC/C(N)=N/O)c1. The molecule has 1 amide bonds. The molecule has 0 heterocycles. The van der Waals surface area contributed by atoms with Crippen LogP contribution in [0, 0.1) is 6.92 Å². The van der Waals surface area contributed by atoms with Gasteiger partial charge in [0.1, 0.15) is 5.84 Å². The highest BCUT2D eigenvalue weighted by Crippen LogP contribution is 2.17. The standard InChI is InChI=1S/C12H16BrN3O2/c1-8-4-5-10(13)9(7-8)12(17)15-6-2-3-11(14)16-18/h4-5,7,18H,2-3,6H2,1H3,(H2,14,16)(H,15,17). The fourth-order valence-electron chi connectivity index (χ4n) is 1.43. The van der Waals surface area contributed by atoms with Crippen LogP contribution in [0.4, 0.5) is 0 Å². The largest absolute Gasteiger partial charge is 0.409 e. The molecule has 18 heavy (non-hydrogen) atoms. The summed E-state index contributed by atoms with van der Waals surface area (Å²) < 4.78 is 0.766. The van der Waals surface area contributed by atoms with Crippen LogP contribution in [0.15, 0.2) is 27.8 Å². The van der Waals surface area contributed by atoms with E-state index < -0.39 is 0 Å². The second-order valence-corrected chi connectivity index (χ2v) is 4.79. The van der Waals surface area contributed by atoms with Crippen LogP contribution < -0.4 is 11.1 Å². The smallest absolute Gasteiger partial charge is 0.252 e. The number of halogens is 1. The van der Waals surface area contributed by atoms with Gasteiger partial charge >= 0.3 is 0 Å². The number of carbonyl (C=O) groups is 1.